The lowest BCUT2D eigenvalue weighted by Gasteiger charge is -2.14. The van der Waals surface area contributed by atoms with Gasteiger partial charge < -0.3 is 5.32 Å². The summed E-state index contributed by atoms with van der Waals surface area (Å²) in [5, 5.41) is 4.44. The van der Waals surface area contributed by atoms with Gasteiger partial charge in [0, 0.05) is 23.6 Å². The Labute approximate surface area is 130 Å². The van der Waals surface area contributed by atoms with Crippen LogP contribution in [0.4, 0.5) is 0 Å². The second-order valence-corrected chi connectivity index (χ2v) is 6.05. The molecule has 1 aromatic carbocycles. The van der Waals surface area contributed by atoms with Crippen molar-refractivity contribution in [2.24, 2.45) is 4.99 Å². The lowest BCUT2D eigenvalue weighted by atomic mass is 10.1. The first-order valence-electron chi connectivity index (χ1n) is 7.55. The standard InChI is InChI=1S/C17H22N2OS/c1-2-3-11-18-17-19-12-5-4-6-16(21-17)15-9-7-14(13-20)8-10-15/h6-10,13H,2-5,11-12H2,1H3,(H,18,19). The van der Waals surface area contributed by atoms with Crippen molar-refractivity contribution >= 4 is 28.1 Å². The summed E-state index contributed by atoms with van der Waals surface area (Å²) in [7, 11) is 0. The van der Waals surface area contributed by atoms with Crippen LogP contribution < -0.4 is 5.32 Å². The van der Waals surface area contributed by atoms with Crippen LogP contribution >= 0.6 is 11.8 Å². The van der Waals surface area contributed by atoms with E-state index in [0.29, 0.717) is 5.56 Å². The van der Waals surface area contributed by atoms with E-state index in [0.717, 1.165) is 49.4 Å². The molecule has 1 aromatic rings. The Bertz CT molecular complexity index is 520. The molecule has 4 heteroatoms. The van der Waals surface area contributed by atoms with Crippen LogP contribution in [0.25, 0.3) is 4.91 Å². The highest BCUT2D eigenvalue weighted by Crippen LogP contribution is 2.30. The van der Waals surface area contributed by atoms with Crippen LogP contribution in [-0.4, -0.2) is 24.5 Å². The highest BCUT2D eigenvalue weighted by atomic mass is 32.2. The monoisotopic (exact) mass is 302 g/mol. The van der Waals surface area contributed by atoms with Crippen molar-refractivity contribution in [1.82, 2.24) is 5.32 Å². The first-order valence-corrected chi connectivity index (χ1v) is 8.37. The van der Waals surface area contributed by atoms with Crippen LogP contribution in [0.15, 0.2) is 35.3 Å². The first kappa shape index (κ1) is 15.8. The number of carbonyl (C=O) groups excluding carboxylic acids is 1. The predicted octanol–water partition coefficient (Wildman–Crippen LogP) is 4.11. The van der Waals surface area contributed by atoms with Gasteiger partial charge in [0.15, 0.2) is 5.17 Å². The summed E-state index contributed by atoms with van der Waals surface area (Å²) in [4.78, 5) is 16.6. The van der Waals surface area contributed by atoms with Gasteiger partial charge in [-0.1, -0.05) is 55.4 Å². The molecule has 112 valence electrons. The third kappa shape index (κ3) is 5.05. The van der Waals surface area contributed by atoms with Crippen LogP contribution in [-0.2, 0) is 0 Å². The van der Waals surface area contributed by atoms with E-state index in [1.807, 2.05) is 24.3 Å². The molecular formula is C17H22N2OS. The van der Waals surface area contributed by atoms with Crippen LogP contribution in [0.3, 0.4) is 0 Å². The lowest BCUT2D eigenvalue weighted by molar-refractivity contribution is 0.112. The van der Waals surface area contributed by atoms with Crippen molar-refractivity contribution in [3.05, 3.63) is 41.5 Å². The van der Waals surface area contributed by atoms with E-state index in [4.69, 9.17) is 0 Å². The van der Waals surface area contributed by atoms with E-state index in [1.54, 1.807) is 11.8 Å². The van der Waals surface area contributed by atoms with E-state index < -0.39 is 0 Å². The van der Waals surface area contributed by atoms with Gasteiger partial charge in [-0.25, -0.2) is 0 Å². The average molecular weight is 302 g/mol. The summed E-state index contributed by atoms with van der Waals surface area (Å²) in [5.74, 6) is 0. The van der Waals surface area contributed by atoms with Gasteiger partial charge in [-0.2, -0.15) is 0 Å². The van der Waals surface area contributed by atoms with E-state index in [1.165, 1.54) is 11.3 Å². The van der Waals surface area contributed by atoms with E-state index in [-0.39, 0.29) is 0 Å². The number of benzene rings is 1. The minimum absolute atomic E-state index is 0.713. The van der Waals surface area contributed by atoms with Gasteiger partial charge >= 0.3 is 0 Å². The summed E-state index contributed by atoms with van der Waals surface area (Å²) in [6, 6.07) is 7.75. The zero-order chi connectivity index (χ0) is 14.9. The molecule has 0 atom stereocenters. The fourth-order valence-electron chi connectivity index (χ4n) is 2.05. The van der Waals surface area contributed by atoms with Crippen molar-refractivity contribution in [3.63, 3.8) is 0 Å². The highest BCUT2D eigenvalue weighted by Gasteiger charge is 2.09. The zero-order valence-corrected chi connectivity index (χ0v) is 13.3. The number of hydrogen-bond acceptors (Lipinski definition) is 4. The van der Waals surface area contributed by atoms with Crippen LogP contribution in [0.5, 0.6) is 0 Å². The fourth-order valence-corrected chi connectivity index (χ4v) is 3.04. The number of carbonyl (C=O) groups is 1. The van der Waals surface area contributed by atoms with Crippen LogP contribution in [0.1, 0.15) is 48.5 Å². The number of thioether (sulfide) groups is 1. The number of hydrogen-bond donors (Lipinski definition) is 1. The molecule has 0 fully saturated rings. The molecule has 0 amide bonds. The number of aldehydes is 1. The minimum atomic E-state index is 0.713. The molecule has 21 heavy (non-hydrogen) atoms. The Hall–Kier alpha value is -1.55. The number of unbranched alkanes of at least 4 members (excludes halogenated alkanes) is 1. The van der Waals surface area contributed by atoms with Crippen molar-refractivity contribution < 1.29 is 4.79 Å². The Morgan fingerprint density at radius 1 is 1.33 bits per heavy atom. The average Bonchev–Trinajstić information content (AvgIpc) is 2.50. The van der Waals surface area contributed by atoms with Crippen LogP contribution in [0.2, 0.25) is 0 Å². The second-order valence-electron chi connectivity index (χ2n) is 5.02. The summed E-state index contributed by atoms with van der Waals surface area (Å²) >= 11 is 1.69. The van der Waals surface area contributed by atoms with Gasteiger partial charge in [-0.3, -0.25) is 9.79 Å². The summed E-state index contributed by atoms with van der Waals surface area (Å²) < 4.78 is 0. The molecule has 1 aliphatic heterocycles. The number of amidine groups is 1. The molecule has 0 unspecified atom stereocenters. The summed E-state index contributed by atoms with van der Waals surface area (Å²) in [6.07, 6.45) is 7.62. The quantitative estimate of drug-likeness (QED) is 0.657. The van der Waals surface area contributed by atoms with E-state index in [9.17, 15) is 4.79 Å². The minimum Gasteiger partial charge on any atom is -0.365 e. The molecule has 0 aliphatic carbocycles. The number of rotatable bonds is 5. The molecule has 3 nitrogen and oxygen atoms in total. The van der Waals surface area contributed by atoms with Gasteiger partial charge in [-0.15, -0.1) is 0 Å². The normalized spacial score (nSPS) is 15.5. The van der Waals surface area contributed by atoms with Gasteiger partial charge in [0.2, 0.25) is 0 Å². The molecular weight excluding hydrogens is 280 g/mol. The van der Waals surface area contributed by atoms with Gasteiger partial charge in [0.05, 0.1) is 0 Å². The smallest absolute Gasteiger partial charge is 0.161 e. The van der Waals surface area contributed by atoms with Crippen molar-refractivity contribution in [3.8, 4) is 0 Å². The molecule has 1 aliphatic rings. The topological polar surface area (TPSA) is 41.5 Å². The molecule has 1 heterocycles. The highest BCUT2D eigenvalue weighted by molar-refractivity contribution is 8.21. The number of aliphatic imine (C=N–C) groups is 1. The van der Waals surface area contributed by atoms with Gasteiger partial charge in [0.25, 0.3) is 0 Å². The maximum absolute atomic E-state index is 10.7. The maximum atomic E-state index is 10.7. The molecule has 0 saturated carbocycles. The lowest BCUT2D eigenvalue weighted by Crippen LogP contribution is -2.22. The molecule has 2 rings (SSSR count). The molecule has 0 radical (unpaired) electrons. The van der Waals surface area contributed by atoms with Crippen molar-refractivity contribution in [2.45, 2.75) is 32.6 Å². The fraction of sp³-hybridized carbons (Fsp3) is 0.412. The SMILES string of the molecule is CCCCNC1=NCCCC=C(c2ccc(C=O)cc2)S1. The first-order chi connectivity index (χ1) is 10.3. The van der Waals surface area contributed by atoms with Crippen LogP contribution in [0, 0.1) is 0 Å². The summed E-state index contributed by atoms with van der Waals surface area (Å²) in [5.41, 5.74) is 1.86. The Balaban J connectivity index is 2.08. The third-order valence-electron chi connectivity index (χ3n) is 3.29. The van der Waals surface area contributed by atoms with E-state index >= 15 is 0 Å². The maximum Gasteiger partial charge on any atom is 0.161 e. The predicted molar refractivity (Wildman–Crippen MR) is 91.8 cm³/mol. The second kappa shape index (κ2) is 8.67. The Kier molecular flexibility index (Phi) is 6.54. The number of allylic oxidation sites excluding steroid dienone is 1. The molecule has 0 aromatic heterocycles. The van der Waals surface area contributed by atoms with Crippen molar-refractivity contribution in [2.75, 3.05) is 13.1 Å². The Morgan fingerprint density at radius 2 is 2.14 bits per heavy atom. The van der Waals surface area contributed by atoms with E-state index in [2.05, 4.69) is 23.3 Å². The zero-order valence-electron chi connectivity index (χ0n) is 12.5. The molecule has 1 N–H and O–H groups in total. The molecule has 0 bridgehead atoms. The number of nitrogens with zero attached hydrogens (tertiary/aromatic N) is 1. The Morgan fingerprint density at radius 3 is 2.86 bits per heavy atom. The summed E-state index contributed by atoms with van der Waals surface area (Å²) in [6.45, 7) is 4.05. The van der Waals surface area contributed by atoms with Gasteiger partial charge in [-0.05, 0) is 24.8 Å². The molecule has 0 spiro atoms. The molecule has 0 saturated heterocycles. The van der Waals surface area contributed by atoms with Gasteiger partial charge in [0.1, 0.15) is 6.29 Å². The third-order valence-corrected chi connectivity index (χ3v) is 4.38. The number of nitrogens with one attached hydrogen (secondary N) is 1. The van der Waals surface area contributed by atoms with Crippen molar-refractivity contribution in [1.29, 1.82) is 0 Å². The largest absolute Gasteiger partial charge is 0.365 e.